The lowest BCUT2D eigenvalue weighted by molar-refractivity contribution is -0.132. The molecule has 3 heteroatoms. The van der Waals surface area contributed by atoms with Gasteiger partial charge in [0.05, 0.1) is 4.83 Å². The van der Waals surface area contributed by atoms with Gasteiger partial charge in [-0.3, -0.25) is 4.79 Å². The third-order valence-electron chi connectivity index (χ3n) is 2.60. The van der Waals surface area contributed by atoms with Crippen LogP contribution in [0.25, 0.3) is 0 Å². The Labute approximate surface area is 95.2 Å². The Morgan fingerprint density at radius 2 is 2.14 bits per heavy atom. The highest BCUT2D eigenvalue weighted by molar-refractivity contribution is 9.10. The Morgan fingerprint density at radius 3 is 2.71 bits per heavy atom. The van der Waals surface area contributed by atoms with Crippen LogP contribution >= 0.6 is 15.9 Å². The van der Waals surface area contributed by atoms with Crippen molar-refractivity contribution in [2.75, 3.05) is 13.1 Å². The molecule has 1 saturated heterocycles. The Hall–Kier alpha value is -0.0500. The van der Waals surface area contributed by atoms with Gasteiger partial charge in [-0.15, -0.1) is 0 Å². The van der Waals surface area contributed by atoms with Crippen molar-refractivity contribution in [2.45, 2.75) is 44.9 Å². The summed E-state index contributed by atoms with van der Waals surface area (Å²) in [6, 6.07) is 0. The van der Waals surface area contributed by atoms with Crippen LogP contribution in [0.1, 0.15) is 40.0 Å². The van der Waals surface area contributed by atoms with Crippen molar-refractivity contribution in [2.24, 2.45) is 5.41 Å². The first-order chi connectivity index (χ1) is 6.40. The second kappa shape index (κ2) is 4.65. The topological polar surface area (TPSA) is 20.3 Å². The third kappa shape index (κ3) is 3.60. The van der Waals surface area contributed by atoms with E-state index in [1.54, 1.807) is 0 Å². The number of carbonyl (C=O) groups excluding carboxylic acids is 1. The van der Waals surface area contributed by atoms with E-state index in [2.05, 4.69) is 36.7 Å². The summed E-state index contributed by atoms with van der Waals surface area (Å²) >= 11 is 3.42. The van der Waals surface area contributed by atoms with Gasteiger partial charge in [-0.2, -0.15) is 0 Å². The molecule has 1 fully saturated rings. The molecule has 1 rings (SSSR count). The Bertz CT molecular complexity index is 210. The van der Waals surface area contributed by atoms with Crippen molar-refractivity contribution in [3.05, 3.63) is 0 Å². The highest BCUT2D eigenvalue weighted by Gasteiger charge is 2.26. The fourth-order valence-corrected chi connectivity index (χ4v) is 2.20. The number of carbonyl (C=O) groups is 1. The van der Waals surface area contributed by atoms with E-state index in [-0.39, 0.29) is 10.7 Å². The van der Waals surface area contributed by atoms with Gasteiger partial charge in [0.1, 0.15) is 0 Å². The van der Waals surface area contributed by atoms with E-state index < -0.39 is 0 Å². The summed E-state index contributed by atoms with van der Waals surface area (Å²) in [6.07, 6.45) is 3.20. The molecule has 1 heterocycles. The van der Waals surface area contributed by atoms with E-state index in [0.29, 0.717) is 5.41 Å². The van der Waals surface area contributed by atoms with E-state index in [4.69, 9.17) is 0 Å². The van der Waals surface area contributed by atoms with Gasteiger partial charge in [0.25, 0.3) is 0 Å². The number of piperidine rings is 1. The zero-order valence-corrected chi connectivity index (χ0v) is 10.9. The standard InChI is InChI=1S/C11H20BrNO/c1-11(2,3)6-8-13-7-4-5-9(12)10(13)14/h9H,4-8H2,1-3H3. The summed E-state index contributed by atoms with van der Waals surface area (Å²) in [4.78, 5) is 13.8. The fraction of sp³-hybridized carbons (Fsp3) is 0.909. The largest absolute Gasteiger partial charge is 0.342 e. The molecule has 1 unspecified atom stereocenters. The van der Waals surface area contributed by atoms with Gasteiger partial charge < -0.3 is 4.90 Å². The average molecular weight is 262 g/mol. The molecular weight excluding hydrogens is 242 g/mol. The van der Waals surface area contributed by atoms with Crippen molar-refractivity contribution < 1.29 is 4.79 Å². The number of amides is 1. The summed E-state index contributed by atoms with van der Waals surface area (Å²) in [5, 5.41) is 0. The van der Waals surface area contributed by atoms with Crippen LogP contribution in [-0.4, -0.2) is 28.7 Å². The quantitative estimate of drug-likeness (QED) is 0.701. The van der Waals surface area contributed by atoms with Gasteiger partial charge in [0, 0.05) is 13.1 Å². The van der Waals surface area contributed by atoms with Crippen LogP contribution < -0.4 is 0 Å². The summed E-state index contributed by atoms with van der Waals surface area (Å²) < 4.78 is 0. The van der Waals surface area contributed by atoms with Crippen molar-refractivity contribution in [1.82, 2.24) is 4.90 Å². The van der Waals surface area contributed by atoms with Crippen molar-refractivity contribution >= 4 is 21.8 Å². The molecular formula is C11H20BrNO. The molecule has 0 aromatic carbocycles. The molecule has 1 amide bonds. The molecule has 0 aromatic rings. The first kappa shape index (κ1) is 12.0. The molecule has 1 atom stereocenters. The summed E-state index contributed by atoms with van der Waals surface area (Å²) in [5.41, 5.74) is 0.319. The number of hydrogen-bond donors (Lipinski definition) is 0. The van der Waals surface area contributed by atoms with Gasteiger partial charge in [0.2, 0.25) is 5.91 Å². The number of rotatable bonds is 2. The molecule has 0 aromatic heterocycles. The summed E-state index contributed by atoms with van der Waals surface area (Å²) in [6.45, 7) is 8.49. The van der Waals surface area contributed by atoms with E-state index in [9.17, 15) is 4.79 Å². The maximum absolute atomic E-state index is 11.7. The van der Waals surface area contributed by atoms with Crippen LogP contribution in [-0.2, 0) is 4.79 Å². The van der Waals surface area contributed by atoms with Gasteiger partial charge in [-0.25, -0.2) is 0 Å². The van der Waals surface area contributed by atoms with E-state index >= 15 is 0 Å². The molecule has 0 N–H and O–H groups in total. The minimum atomic E-state index is 0.0659. The summed E-state index contributed by atoms with van der Waals surface area (Å²) in [5.74, 6) is 0.278. The van der Waals surface area contributed by atoms with Crippen molar-refractivity contribution in [1.29, 1.82) is 0 Å². The normalized spacial score (nSPS) is 24.1. The fourth-order valence-electron chi connectivity index (χ4n) is 1.59. The van der Waals surface area contributed by atoms with Gasteiger partial charge in [-0.1, -0.05) is 36.7 Å². The lowest BCUT2D eigenvalue weighted by Gasteiger charge is -2.32. The number of alkyl halides is 1. The Balaban J connectivity index is 2.40. The highest BCUT2D eigenvalue weighted by Crippen LogP contribution is 2.23. The second-order valence-corrected chi connectivity index (χ2v) is 6.35. The van der Waals surface area contributed by atoms with Gasteiger partial charge >= 0.3 is 0 Å². The summed E-state index contributed by atoms with van der Waals surface area (Å²) in [7, 11) is 0. The average Bonchev–Trinajstić information content (AvgIpc) is 2.06. The van der Waals surface area contributed by atoms with Gasteiger partial charge in [0.15, 0.2) is 0 Å². The molecule has 0 bridgehead atoms. The molecule has 0 saturated carbocycles. The van der Waals surface area contributed by atoms with Crippen LogP contribution in [0.3, 0.4) is 0 Å². The molecule has 0 radical (unpaired) electrons. The second-order valence-electron chi connectivity index (χ2n) is 5.25. The zero-order valence-electron chi connectivity index (χ0n) is 9.35. The first-order valence-corrected chi connectivity index (χ1v) is 6.24. The maximum Gasteiger partial charge on any atom is 0.236 e. The number of halogens is 1. The highest BCUT2D eigenvalue weighted by atomic mass is 79.9. The Kier molecular flexibility index (Phi) is 3.99. The van der Waals surface area contributed by atoms with Crippen molar-refractivity contribution in [3.8, 4) is 0 Å². The smallest absolute Gasteiger partial charge is 0.236 e. The van der Waals surface area contributed by atoms with Crippen LogP contribution in [0.2, 0.25) is 0 Å². The third-order valence-corrected chi connectivity index (χ3v) is 3.45. The predicted molar refractivity (Wildman–Crippen MR) is 62.6 cm³/mol. The molecule has 1 aliphatic rings. The van der Waals surface area contributed by atoms with E-state index in [1.165, 1.54) is 0 Å². The van der Waals surface area contributed by atoms with Crippen LogP contribution in [0.4, 0.5) is 0 Å². The number of nitrogens with zero attached hydrogens (tertiary/aromatic N) is 1. The molecule has 14 heavy (non-hydrogen) atoms. The van der Waals surface area contributed by atoms with Crippen LogP contribution in [0.5, 0.6) is 0 Å². The van der Waals surface area contributed by atoms with E-state index in [0.717, 1.165) is 32.4 Å². The maximum atomic E-state index is 11.7. The molecule has 1 aliphatic heterocycles. The monoisotopic (exact) mass is 261 g/mol. The number of likely N-dealkylation sites (tertiary alicyclic amines) is 1. The van der Waals surface area contributed by atoms with Gasteiger partial charge in [-0.05, 0) is 24.7 Å². The Morgan fingerprint density at radius 1 is 1.50 bits per heavy atom. The number of hydrogen-bond acceptors (Lipinski definition) is 1. The van der Waals surface area contributed by atoms with Crippen LogP contribution in [0.15, 0.2) is 0 Å². The molecule has 0 spiro atoms. The predicted octanol–water partition coefficient (Wildman–Crippen LogP) is 2.81. The lowest BCUT2D eigenvalue weighted by Crippen LogP contribution is -2.42. The van der Waals surface area contributed by atoms with Crippen molar-refractivity contribution in [3.63, 3.8) is 0 Å². The zero-order chi connectivity index (χ0) is 10.8. The molecule has 2 nitrogen and oxygen atoms in total. The van der Waals surface area contributed by atoms with E-state index in [1.807, 2.05) is 4.90 Å². The minimum absolute atomic E-state index is 0.0659. The molecule has 0 aliphatic carbocycles. The molecule has 82 valence electrons. The SMILES string of the molecule is CC(C)(C)CCN1CCCC(Br)C1=O. The first-order valence-electron chi connectivity index (χ1n) is 5.33. The lowest BCUT2D eigenvalue weighted by atomic mass is 9.92. The minimum Gasteiger partial charge on any atom is -0.342 e. The van der Waals surface area contributed by atoms with Crippen LogP contribution in [0, 0.1) is 5.41 Å².